The molecule has 0 heterocycles. The summed E-state index contributed by atoms with van der Waals surface area (Å²) < 4.78 is 5.77. The number of hydrogen-bond donors (Lipinski definition) is 2. The minimum atomic E-state index is -0.176. The van der Waals surface area contributed by atoms with E-state index in [9.17, 15) is 4.79 Å². The van der Waals surface area contributed by atoms with Gasteiger partial charge in [-0.05, 0) is 53.5 Å². The highest BCUT2D eigenvalue weighted by Crippen LogP contribution is 2.26. The third-order valence-corrected chi connectivity index (χ3v) is 4.95. The van der Waals surface area contributed by atoms with Gasteiger partial charge in [0.1, 0.15) is 5.75 Å². The van der Waals surface area contributed by atoms with Crippen LogP contribution in [-0.4, -0.2) is 19.2 Å². The number of hydrogen-bond acceptors (Lipinski definition) is 2. The maximum atomic E-state index is 12.2. The molecule has 2 aromatic rings. The maximum absolute atomic E-state index is 12.2. The minimum Gasteiger partial charge on any atom is -0.494 e. The summed E-state index contributed by atoms with van der Waals surface area (Å²) in [6, 6.07) is 16.0. The summed E-state index contributed by atoms with van der Waals surface area (Å²) in [5.41, 5.74) is 3.48. The first-order chi connectivity index (χ1) is 13.3. The van der Waals surface area contributed by atoms with Crippen LogP contribution in [0.2, 0.25) is 0 Å². The molecule has 0 aliphatic rings. The van der Waals surface area contributed by atoms with E-state index in [0.717, 1.165) is 24.3 Å². The number of ether oxygens (including phenoxy) is 1. The van der Waals surface area contributed by atoms with Crippen LogP contribution in [0.5, 0.6) is 5.75 Å². The lowest BCUT2D eigenvalue weighted by Gasteiger charge is -2.19. The third kappa shape index (κ3) is 6.59. The summed E-state index contributed by atoms with van der Waals surface area (Å²) in [6.45, 7) is 12.0. The Morgan fingerprint density at radius 3 is 2.39 bits per heavy atom. The third-order valence-electron chi connectivity index (χ3n) is 4.95. The van der Waals surface area contributed by atoms with E-state index in [2.05, 4.69) is 63.5 Å². The topological polar surface area (TPSA) is 50.4 Å². The van der Waals surface area contributed by atoms with E-state index < -0.39 is 0 Å². The summed E-state index contributed by atoms with van der Waals surface area (Å²) >= 11 is 0. The van der Waals surface area contributed by atoms with E-state index in [0.29, 0.717) is 19.1 Å². The van der Waals surface area contributed by atoms with Crippen molar-refractivity contribution in [1.82, 2.24) is 5.32 Å². The van der Waals surface area contributed by atoms with Crippen LogP contribution < -0.4 is 15.4 Å². The number of carbonyl (C=O) groups excluding carboxylic acids is 1. The second kappa shape index (κ2) is 10.2. The molecule has 4 heteroatoms. The zero-order valence-electron chi connectivity index (χ0n) is 17.8. The van der Waals surface area contributed by atoms with Gasteiger partial charge in [-0.1, -0.05) is 65.0 Å². The molecule has 28 heavy (non-hydrogen) atoms. The fraction of sp³-hybridized carbons (Fsp3) is 0.458. The quantitative estimate of drug-likeness (QED) is 0.543. The largest absolute Gasteiger partial charge is 0.494 e. The Morgan fingerprint density at radius 2 is 1.75 bits per heavy atom. The van der Waals surface area contributed by atoms with Gasteiger partial charge in [0, 0.05) is 12.2 Å². The molecule has 0 saturated carbocycles. The SMILES string of the molecule is CCC(C)c1ccccc1NC(=O)NCCCOc1ccc(C(C)(C)C)cc1. The van der Waals surface area contributed by atoms with Gasteiger partial charge in [-0.3, -0.25) is 0 Å². The average Bonchev–Trinajstić information content (AvgIpc) is 2.67. The predicted octanol–water partition coefficient (Wildman–Crippen LogP) is 6.09. The Labute approximate surface area is 169 Å². The van der Waals surface area contributed by atoms with E-state index >= 15 is 0 Å². The number of benzene rings is 2. The maximum Gasteiger partial charge on any atom is 0.319 e. The highest BCUT2D eigenvalue weighted by Gasteiger charge is 2.13. The number of urea groups is 1. The number of amides is 2. The minimum absolute atomic E-state index is 0.142. The lowest BCUT2D eigenvalue weighted by molar-refractivity contribution is 0.250. The van der Waals surface area contributed by atoms with Gasteiger partial charge in [0.15, 0.2) is 0 Å². The molecule has 0 aliphatic heterocycles. The lowest BCUT2D eigenvalue weighted by atomic mass is 9.87. The van der Waals surface area contributed by atoms with E-state index in [-0.39, 0.29) is 11.4 Å². The van der Waals surface area contributed by atoms with Crippen molar-refractivity contribution in [3.05, 3.63) is 59.7 Å². The van der Waals surface area contributed by atoms with Gasteiger partial charge in [-0.15, -0.1) is 0 Å². The van der Waals surface area contributed by atoms with Crippen LogP contribution in [0, 0.1) is 0 Å². The number of carbonyl (C=O) groups is 1. The molecule has 1 unspecified atom stereocenters. The Hall–Kier alpha value is -2.49. The second-order valence-corrected chi connectivity index (χ2v) is 8.25. The fourth-order valence-corrected chi connectivity index (χ4v) is 2.94. The first-order valence-electron chi connectivity index (χ1n) is 10.2. The number of rotatable bonds is 8. The van der Waals surface area contributed by atoms with E-state index in [4.69, 9.17) is 4.74 Å². The van der Waals surface area contributed by atoms with Gasteiger partial charge < -0.3 is 15.4 Å². The zero-order chi connectivity index (χ0) is 20.6. The lowest BCUT2D eigenvalue weighted by Crippen LogP contribution is -2.30. The average molecular weight is 383 g/mol. The molecule has 2 N–H and O–H groups in total. The summed E-state index contributed by atoms with van der Waals surface area (Å²) in [4.78, 5) is 12.2. The van der Waals surface area contributed by atoms with Crippen LogP contribution in [0.15, 0.2) is 48.5 Å². The van der Waals surface area contributed by atoms with Crippen LogP contribution in [0.3, 0.4) is 0 Å². The molecule has 0 fully saturated rings. The molecule has 0 aliphatic carbocycles. The van der Waals surface area contributed by atoms with Gasteiger partial charge in [-0.2, -0.15) is 0 Å². The molecule has 2 amide bonds. The fourth-order valence-electron chi connectivity index (χ4n) is 2.94. The van der Waals surface area contributed by atoms with Crippen LogP contribution in [-0.2, 0) is 5.41 Å². The monoisotopic (exact) mass is 382 g/mol. The van der Waals surface area contributed by atoms with Crippen LogP contribution >= 0.6 is 0 Å². The van der Waals surface area contributed by atoms with Crippen molar-refractivity contribution in [1.29, 1.82) is 0 Å². The van der Waals surface area contributed by atoms with Crippen molar-refractivity contribution in [2.75, 3.05) is 18.5 Å². The Kier molecular flexibility index (Phi) is 7.91. The molecule has 2 rings (SSSR count). The highest BCUT2D eigenvalue weighted by molar-refractivity contribution is 5.90. The van der Waals surface area contributed by atoms with E-state index in [1.54, 1.807) is 0 Å². The molecule has 0 spiro atoms. The van der Waals surface area contributed by atoms with Gasteiger partial charge in [0.25, 0.3) is 0 Å². The second-order valence-electron chi connectivity index (χ2n) is 8.25. The van der Waals surface area contributed by atoms with Crippen LogP contribution in [0.1, 0.15) is 64.5 Å². The molecule has 0 bridgehead atoms. The van der Waals surface area contributed by atoms with Gasteiger partial charge >= 0.3 is 6.03 Å². The molecular weight excluding hydrogens is 348 g/mol. The Bertz CT molecular complexity index is 748. The van der Waals surface area contributed by atoms with Crippen molar-refractivity contribution in [3.8, 4) is 5.75 Å². The number of para-hydroxylation sites is 1. The van der Waals surface area contributed by atoms with Crippen LogP contribution in [0.25, 0.3) is 0 Å². The zero-order valence-corrected chi connectivity index (χ0v) is 17.8. The van der Waals surface area contributed by atoms with Crippen LogP contribution in [0.4, 0.5) is 10.5 Å². The smallest absolute Gasteiger partial charge is 0.319 e. The highest BCUT2D eigenvalue weighted by atomic mass is 16.5. The molecule has 0 saturated heterocycles. The Morgan fingerprint density at radius 1 is 1.07 bits per heavy atom. The summed E-state index contributed by atoms with van der Waals surface area (Å²) in [5.74, 6) is 1.27. The summed E-state index contributed by atoms with van der Waals surface area (Å²) in [6.07, 6.45) is 1.79. The molecule has 0 radical (unpaired) electrons. The first-order valence-corrected chi connectivity index (χ1v) is 10.2. The van der Waals surface area contributed by atoms with Crippen molar-refractivity contribution in [2.45, 2.75) is 58.8 Å². The molecular formula is C24H34N2O2. The van der Waals surface area contributed by atoms with E-state index in [1.165, 1.54) is 11.1 Å². The Balaban J connectivity index is 1.72. The van der Waals surface area contributed by atoms with Crippen molar-refractivity contribution in [2.24, 2.45) is 0 Å². The van der Waals surface area contributed by atoms with Crippen molar-refractivity contribution < 1.29 is 9.53 Å². The van der Waals surface area contributed by atoms with Crippen molar-refractivity contribution in [3.63, 3.8) is 0 Å². The molecule has 0 aromatic heterocycles. The molecule has 152 valence electrons. The molecule has 4 nitrogen and oxygen atoms in total. The van der Waals surface area contributed by atoms with E-state index in [1.807, 2.05) is 30.3 Å². The molecule has 2 aromatic carbocycles. The van der Waals surface area contributed by atoms with Crippen molar-refractivity contribution >= 4 is 11.7 Å². The summed E-state index contributed by atoms with van der Waals surface area (Å²) in [5, 5.41) is 5.86. The number of nitrogens with one attached hydrogen (secondary N) is 2. The van der Waals surface area contributed by atoms with Gasteiger partial charge in [0.2, 0.25) is 0 Å². The van der Waals surface area contributed by atoms with Gasteiger partial charge in [0.05, 0.1) is 6.61 Å². The standard InChI is InChI=1S/C24H34N2O2/c1-6-18(2)21-10-7-8-11-22(21)26-23(27)25-16-9-17-28-20-14-12-19(13-15-20)24(3,4)5/h7-8,10-15,18H,6,9,16-17H2,1-5H3,(H2,25,26,27). The normalized spacial score (nSPS) is 12.3. The number of anilines is 1. The first kappa shape index (κ1) is 21.8. The molecule has 1 atom stereocenters. The predicted molar refractivity (Wildman–Crippen MR) is 117 cm³/mol. The van der Waals surface area contributed by atoms with Gasteiger partial charge in [-0.25, -0.2) is 4.79 Å². The summed E-state index contributed by atoms with van der Waals surface area (Å²) in [7, 11) is 0.